The molecule has 0 saturated carbocycles. The van der Waals surface area contributed by atoms with Gasteiger partial charge < -0.3 is 28.7 Å². The predicted molar refractivity (Wildman–Crippen MR) is 134 cm³/mol. The Kier molecular flexibility index (Phi) is 9.37. The third kappa shape index (κ3) is 7.86. The molecule has 11 heteroatoms. The lowest BCUT2D eigenvalue weighted by molar-refractivity contribution is -0.00628. The number of nitrogens with zero attached hydrogens (tertiary/aromatic N) is 4. The minimum atomic E-state index is -0.660. The van der Waals surface area contributed by atoms with Gasteiger partial charge in [0.1, 0.15) is 17.8 Å². The number of amides is 2. The lowest BCUT2D eigenvalue weighted by Gasteiger charge is -2.41. The number of ether oxygens (including phenoxy) is 4. The van der Waals surface area contributed by atoms with Gasteiger partial charge in [0, 0.05) is 33.1 Å². The summed E-state index contributed by atoms with van der Waals surface area (Å²) < 4.78 is 23.5. The van der Waals surface area contributed by atoms with E-state index < -0.39 is 23.8 Å². The Morgan fingerprint density at radius 1 is 1.05 bits per heavy atom. The van der Waals surface area contributed by atoms with Crippen LogP contribution in [0.3, 0.4) is 0 Å². The lowest BCUT2D eigenvalue weighted by atomic mass is 10.1. The second-order valence-corrected chi connectivity index (χ2v) is 9.66. The summed E-state index contributed by atoms with van der Waals surface area (Å²) in [7, 11) is 1.66. The number of aryl methyl sites for hydroxylation is 1. The smallest absolute Gasteiger partial charge is 0.410 e. The van der Waals surface area contributed by atoms with Gasteiger partial charge in [-0.25, -0.2) is 19.1 Å². The fraction of sp³-hybridized carbons (Fsp3) is 0.538. The molecular weight excluding hydrogens is 480 g/mol. The molecule has 0 spiro atoms. The molecule has 2 heterocycles. The molecule has 1 aliphatic heterocycles. The zero-order valence-electron chi connectivity index (χ0n) is 22.1. The molecule has 0 radical (unpaired) electrons. The van der Waals surface area contributed by atoms with E-state index in [0.29, 0.717) is 19.5 Å². The van der Waals surface area contributed by atoms with Gasteiger partial charge in [-0.15, -0.1) is 0 Å². The van der Waals surface area contributed by atoms with Gasteiger partial charge >= 0.3 is 18.2 Å². The molecule has 1 atom stereocenters. The van der Waals surface area contributed by atoms with E-state index in [-0.39, 0.29) is 43.9 Å². The Balaban J connectivity index is 1.66. The highest BCUT2D eigenvalue weighted by Crippen LogP contribution is 2.22. The fourth-order valence-corrected chi connectivity index (χ4v) is 3.88. The first-order valence-corrected chi connectivity index (χ1v) is 12.4. The van der Waals surface area contributed by atoms with Crippen molar-refractivity contribution < 1.29 is 33.3 Å². The topological polar surface area (TPSA) is 112 Å². The molecular formula is C26H36N4O7. The zero-order chi connectivity index (χ0) is 27.0. The maximum Gasteiger partial charge on any atom is 0.410 e. The highest BCUT2D eigenvalue weighted by molar-refractivity contribution is 5.91. The van der Waals surface area contributed by atoms with Crippen LogP contribution in [0, 0.1) is 0 Å². The van der Waals surface area contributed by atoms with E-state index in [0.717, 1.165) is 5.56 Å². The van der Waals surface area contributed by atoms with Gasteiger partial charge in [0.05, 0.1) is 25.5 Å². The maximum atomic E-state index is 12.9. The van der Waals surface area contributed by atoms with Crippen molar-refractivity contribution in [2.45, 2.75) is 52.4 Å². The number of hydrogen-bond donors (Lipinski definition) is 0. The van der Waals surface area contributed by atoms with E-state index in [9.17, 15) is 14.4 Å². The second-order valence-electron chi connectivity index (χ2n) is 9.66. The quantitative estimate of drug-likeness (QED) is 0.386. The molecule has 0 aliphatic carbocycles. The Morgan fingerprint density at radius 3 is 2.46 bits per heavy atom. The third-order valence-electron chi connectivity index (χ3n) is 5.64. The summed E-state index contributed by atoms with van der Waals surface area (Å²) in [5.74, 6) is -0.247. The summed E-state index contributed by atoms with van der Waals surface area (Å²) in [6, 6.07) is 9.05. The number of piperazine rings is 1. The highest BCUT2D eigenvalue weighted by Gasteiger charge is 2.35. The largest absolute Gasteiger partial charge is 0.477 e. The van der Waals surface area contributed by atoms with Crippen molar-refractivity contribution in [3.63, 3.8) is 0 Å². The molecule has 11 nitrogen and oxygen atoms in total. The van der Waals surface area contributed by atoms with E-state index in [1.54, 1.807) is 44.5 Å². The molecule has 0 N–H and O–H groups in total. The minimum absolute atomic E-state index is 0.164. The van der Waals surface area contributed by atoms with Gasteiger partial charge in [-0.2, -0.15) is 5.10 Å². The maximum absolute atomic E-state index is 12.9. The molecule has 2 aromatic rings. The van der Waals surface area contributed by atoms with Crippen LogP contribution in [0.25, 0.3) is 0 Å². The normalized spacial score (nSPS) is 15.8. The van der Waals surface area contributed by atoms with Gasteiger partial charge in [0.2, 0.25) is 5.88 Å². The minimum Gasteiger partial charge on any atom is -0.477 e. The average Bonchev–Trinajstić information content (AvgIpc) is 3.22. The number of hydrogen-bond acceptors (Lipinski definition) is 8. The van der Waals surface area contributed by atoms with Gasteiger partial charge in [-0.3, -0.25) is 0 Å². The number of benzene rings is 1. The van der Waals surface area contributed by atoms with Crippen molar-refractivity contribution in [2.24, 2.45) is 7.05 Å². The zero-order valence-corrected chi connectivity index (χ0v) is 22.1. The molecule has 2 amide bonds. The third-order valence-corrected chi connectivity index (χ3v) is 5.64. The first-order valence-electron chi connectivity index (χ1n) is 12.4. The number of rotatable bonds is 8. The van der Waals surface area contributed by atoms with E-state index in [1.807, 2.05) is 30.3 Å². The van der Waals surface area contributed by atoms with Gasteiger partial charge in [0.25, 0.3) is 0 Å². The van der Waals surface area contributed by atoms with Crippen LogP contribution in [0.4, 0.5) is 9.59 Å². The van der Waals surface area contributed by atoms with E-state index in [1.165, 1.54) is 10.9 Å². The van der Waals surface area contributed by atoms with Crippen LogP contribution in [-0.2, 0) is 27.9 Å². The van der Waals surface area contributed by atoms with Crippen molar-refractivity contribution in [1.29, 1.82) is 0 Å². The molecule has 3 rings (SSSR count). The molecule has 1 aliphatic rings. The van der Waals surface area contributed by atoms with Crippen LogP contribution in [0.2, 0.25) is 0 Å². The number of esters is 1. The van der Waals surface area contributed by atoms with Crippen molar-refractivity contribution in [3.05, 3.63) is 47.7 Å². The summed E-state index contributed by atoms with van der Waals surface area (Å²) in [4.78, 5) is 41.1. The first kappa shape index (κ1) is 27.8. The van der Waals surface area contributed by atoms with E-state index in [4.69, 9.17) is 18.9 Å². The summed E-state index contributed by atoms with van der Waals surface area (Å²) in [6.45, 7) is 8.57. The summed E-state index contributed by atoms with van der Waals surface area (Å²) in [5.41, 5.74) is 0.456. The van der Waals surface area contributed by atoms with E-state index >= 15 is 0 Å². The van der Waals surface area contributed by atoms with Crippen LogP contribution in [-0.4, -0.2) is 82.2 Å². The second kappa shape index (κ2) is 12.5. The van der Waals surface area contributed by atoms with Crippen LogP contribution in [0.5, 0.6) is 5.88 Å². The molecule has 37 heavy (non-hydrogen) atoms. The molecule has 0 bridgehead atoms. The number of carbonyl (C=O) groups is 3. The van der Waals surface area contributed by atoms with Gasteiger partial charge in [0.15, 0.2) is 0 Å². The Hall–Kier alpha value is -3.76. The molecule has 1 aromatic carbocycles. The van der Waals surface area contributed by atoms with Crippen molar-refractivity contribution in [1.82, 2.24) is 19.6 Å². The summed E-state index contributed by atoms with van der Waals surface area (Å²) in [5, 5.41) is 4.09. The van der Waals surface area contributed by atoms with Crippen LogP contribution >= 0.6 is 0 Å². The van der Waals surface area contributed by atoms with Gasteiger partial charge in [-0.1, -0.05) is 30.3 Å². The standard InChI is InChI=1S/C26H36N4O7/c1-6-34-23(31)21-16-27-28(5)22(21)35-15-12-20-17-29(13-14-30(20)25(33)37-26(2,3)4)24(32)36-18-19-10-8-7-9-11-19/h7-11,16,20H,6,12-15,17-18H2,1-5H3/t20-/m1/s1. The first-order chi connectivity index (χ1) is 17.6. The molecule has 0 unspecified atom stereocenters. The van der Waals surface area contributed by atoms with Crippen LogP contribution < -0.4 is 4.74 Å². The predicted octanol–water partition coefficient (Wildman–Crippen LogP) is 3.62. The highest BCUT2D eigenvalue weighted by atomic mass is 16.6. The van der Waals surface area contributed by atoms with Crippen molar-refractivity contribution in [2.75, 3.05) is 32.8 Å². The van der Waals surface area contributed by atoms with E-state index in [2.05, 4.69) is 5.10 Å². The molecule has 1 aromatic heterocycles. The van der Waals surface area contributed by atoms with Crippen molar-refractivity contribution >= 4 is 18.2 Å². The van der Waals surface area contributed by atoms with Crippen LogP contribution in [0.1, 0.15) is 50.0 Å². The lowest BCUT2D eigenvalue weighted by Crippen LogP contribution is -2.57. The molecule has 202 valence electrons. The Morgan fingerprint density at radius 2 is 1.78 bits per heavy atom. The Labute approximate surface area is 217 Å². The number of carbonyl (C=O) groups excluding carboxylic acids is 3. The number of aromatic nitrogens is 2. The van der Waals surface area contributed by atoms with Crippen molar-refractivity contribution in [3.8, 4) is 5.88 Å². The molecule has 1 saturated heterocycles. The fourth-order valence-electron chi connectivity index (χ4n) is 3.88. The SMILES string of the molecule is CCOC(=O)c1cnn(C)c1OCC[C@@H]1CN(C(=O)OCc2ccccc2)CCN1C(=O)OC(C)(C)C. The average molecular weight is 517 g/mol. The Bertz CT molecular complexity index is 1060. The summed E-state index contributed by atoms with van der Waals surface area (Å²) >= 11 is 0. The molecule has 1 fully saturated rings. The summed E-state index contributed by atoms with van der Waals surface area (Å²) in [6.07, 6.45) is 0.873. The monoisotopic (exact) mass is 516 g/mol. The van der Waals surface area contributed by atoms with Crippen LogP contribution in [0.15, 0.2) is 36.5 Å². The van der Waals surface area contributed by atoms with Gasteiger partial charge in [-0.05, 0) is 33.3 Å².